The first kappa shape index (κ1) is 22.0. The number of H-pyrrole nitrogens is 1. The van der Waals surface area contributed by atoms with Crippen LogP contribution in [0.2, 0.25) is 0 Å². The van der Waals surface area contributed by atoms with Crippen molar-refractivity contribution in [1.29, 1.82) is 0 Å². The van der Waals surface area contributed by atoms with Gasteiger partial charge in [0.1, 0.15) is 12.4 Å². The molecule has 1 aromatic heterocycles. The lowest BCUT2D eigenvalue weighted by atomic mass is 10.0. The van der Waals surface area contributed by atoms with Crippen LogP contribution >= 0.6 is 0 Å². The molecule has 5 nitrogen and oxygen atoms in total. The van der Waals surface area contributed by atoms with Crippen molar-refractivity contribution in [3.63, 3.8) is 0 Å². The van der Waals surface area contributed by atoms with E-state index in [0.29, 0.717) is 17.9 Å². The predicted octanol–water partition coefficient (Wildman–Crippen LogP) is 6.72. The minimum Gasteiger partial charge on any atom is -0.445 e. The van der Waals surface area contributed by atoms with Gasteiger partial charge in [-0.1, -0.05) is 48.5 Å². The molecular formula is C26H22F3N3O2. The number of aromatic amines is 1. The first-order valence-electron chi connectivity index (χ1n) is 11.0. The molecular weight excluding hydrogens is 443 g/mol. The van der Waals surface area contributed by atoms with Gasteiger partial charge in [0.15, 0.2) is 0 Å². The third kappa shape index (κ3) is 4.48. The monoisotopic (exact) mass is 465 g/mol. The van der Waals surface area contributed by atoms with Gasteiger partial charge >= 0.3 is 12.3 Å². The van der Waals surface area contributed by atoms with Crippen LogP contribution in [0, 0.1) is 0 Å². The summed E-state index contributed by atoms with van der Waals surface area (Å²) in [5.41, 5.74) is 3.19. The molecule has 1 atom stereocenters. The van der Waals surface area contributed by atoms with Gasteiger partial charge in [-0.25, -0.2) is 9.78 Å². The molecule has 3 aromatic carbocycles. The number of alkyl halides is 3. The number of carbonyl (C=O) groups excluding carboxylic acids is 1. The molecule has 0 spiro atoms. The van der Waals surface area contributed by atoms with Crippen LogP contribution in [0.25, 0.3) is 22.2 Å². The Kier molecular flexibility index (Phi) is 5.73. The highest BCUT2D eigenvalue weighted by Crippen LogP contribution is 2.34. The fraction of sp³-hybridized carbons (Fsp3) is 0.231. The van der Waals surface area contributed by atoms with Crippen LogP contribution < -0.4 is 0 Å². The second-order valence-corrected chi connectivity index (χ2v) is 8.32. The lowest BCUT2D eigenvalue weighted by Crippen LogP contribution is -2.31. The summed E-state index contributed by atoms with van der Waals surface area (Å²) in [5.74, 6) is 0.675. The van der Waals surface area contributed by atoms with Crippen LogP contribution in [0.1, 0.15) is 35.8 Å². The molecule has 1 aliphatic heterocycles. The van der Waals surface area contributed by atoms with Crippen LogP contribution in [-0.2, 0) is 17.5 Å². The SMILES string of the molecule is O=C(OCc1ccccc1)N1CCCC1c1nc2ccc(-c3ccc(C(F)(F)F)cc3)cc2[nH]1. The molecule has 1 saturated heterocycles. The quantitative estimate of drug-likeness (QED) is 0.364. The number of likely N-dealkylation sites (tertiary alicyclic amines) is 1. The summed E-state index contributed by atoms with van der Waals surface area (Å²) in [6, 6.07) is 19.9. The summed E-state index contributed by atoms with van der Waals surface area (Å²) in [4.78, 5) is 22.4. The number of aromatic nitrogens is 2. The topological polar surface area (TPSA) is 58.2 Å². The van der Waals surface area contributed by atoms with Gasteiger partial charge in [-0.05, 0) is 53.8 Å². The van der Waals surface area contributed by atoms with Crippen molar-refractivity contribution in [3.8, 4) is 11.1 Å². The first-order chi connectivity index (χ1) is 16.4. The smallest absolute Gasteiger partial charge is 0.416 e. The Morgan fingerprint density at radius 1 is 1.03 bits per heavy atom. The molecule has 1 amide bonds. The summed E-state index contributed by atoms with van der Waals surface area (Å²) in [6.07, 6.45) is -3.13. The number of ether oxygens (including phenoxy) is 1. The van der Waals surface area contributed by atoms with Crippen LogP contribution in [0.5, 0.6) is 0 Å². The largest absolute Gasteiger partial charge is 0.445 e. The van der Waals surface area contributed by atoms with Crippen LogP contribution in [0.4, 0.5) is 18.0 Å². The minimum atomic E-state index is -4.36. The highest BCUT2D eigenvalue weighted by atomic mass is 19.4. The van der Waals surface area contributed by atoms with E-state index in [4.69, 9.17) is 4.74 Å². The third-order valence-electron chi connectivity index (χ3n) is 6.05. The number of carbonyl (C=O) groups is 1. The van der Waals surface area contributed by atoms with E-state index < -0.39 is 11.7 Å². The summed E-state index contributed by atoms with van der Waals surface area (Å²) in [5, 5.41) is 0. The van der Waals surface area contributed by atoms with Gasteiger partial charge in [0, 0.05) is 6.54 Å². The highest BCUT2D eigenvalue weighted by molar-refractivity contribution is 5.82. The van der Waals surface area contributed by atoms with Gasteiger partial charge in [0.2, 0.25) is 0 Å². The lowest BCUT2D eigenvalue weighted by Gasteiger charge is -2.22. The van der Waals surface area contributed by atoms with Gasteiger partial charge in [-0.2, -0.15) is 13.2 Å². The number of hydrogen-bond acceptors (Lipinski definition) is 3. The highest BCUT2D eigenvalue weighted by Gasteiger charge is 2.33. The molecule has 4 aromatic rings. The average molecular weight is 465 g/mol. The number of imidazole rings is 1. The molecule has 5 rings (SSSR count). The zero-order chi connectivity index (χ0) is 23.7. The third-order valence-corrected chi connectivity index (χ3v) is 6.05. The van der Waals surface area contributed by atoms with E-state index in [1.807, 2.05) is 48.5 Å². The van der Waals surface area contributed by atoms with Crippen molar-refractivity contribution >= 4 is 17.1 Å². The Morgan fingerprint density at radius 2 is 1.76 bits per heavy atom. The molecule has 34 heavy (non-hydrogen) atoms. The number of halogens is 3. The van der Waals surface area contributed by atoms with E-state index in [-0.39, 0.29) is 18.7 Å². The Balaban J connectivity index is 1.34. The van der Waals surface area contributed by atoms with Crippen LogP contribution in [0.15, 0.2) is 72.8 Å². The number of benzene rings is 3. The maximum atomic E-state index is 12.9. The van der Waals surface area contributed by atoms with E-state index in [9.17, 15) is 18.0 Å². The average Bonchev–Trinajstić information content (AvgIpc) is 3.49. The van der Waals surface area contributed by atoms with Crippen molar-refractivity contribution < 1.29 is 22.7 Å². The number of hydrogen-bond donors (Lipinski definition) is 1. The molecule has 0 radical (unpaired) electrons. The van der Waals surface area contributed by atoms with Gasteiger partial charge in [-0.3, -0.25) is 4.90 Å². The van der Waals surface area contributed by atoms with Crippen molar-refractivity contribution in [2.24, 2.45) is 0 Å². The molecule has 174 valence electrons. The van der Waals surface area contributed by atoms with Gasteiger partial charge in [-0.15, -0.1) is 0 Å². The van der Waals surface area contributed by atoms with E-state index in [1.54, 1.807) is 4.90 Å². The fourth-order valence-corrected chi connectivity index (χ4v) is 4.29. The number of amides is 1. The Morgan fingerprint density at radius 3 is 2.50 bits per heavy atom. The normalized spacial score (nSPS) is 16.2. The van der Waals surface area contributed by atoms with Gasteiger partial charge < -0.3 is 9.72 Å². The zero-order valence-electron chi connectivity index (χ0n) is 18.2. The summed E-state index contributed by atoms with van der Waals surface area (Å²) >= 11 is 0. The van der Waals surface area contributed by atoms with E-state index in [1.165, 1.54) is 12.1 Å². The van der Waals surface area contributed by atoms with Gasteiger partial charge in [0.05, 0.1) is 22.6 Å². The Labute approximate surface area is 194 Å². The number of rotatable bonds is 4. The second kappa shape index (κ2) is 8.85. The van der Waals surface area contributed by atoms with E-state index in [0.717, 1.165) is 47.1 Å². The maximum absolute atomic E-state index is 12.9. The molecule has 0 saturated carbocycles. The molecule has 1 fully saturated rings. The zero-order valence-corrected chi connectivity index (χ0v) is 18.2. The molecule has 0 bridgehead atoms. The standard InChI is InChI=1S/C26H22F3N3O2/c27-26(28,29)20-11-8-18(9-12-20)19-10-13-21-22(15-19)31-24(30-21)23-7-4-14-32(23)25(33)34-16-17-5-2-1-3-6-17/h1-3,5-6,8-13,15,23H,4,7,14,16H2,(H,30,31). The first-order valence-corrected chi connectivity index (χ1v) is 11.0. The summed E-state index contributed by atoms with van der Waals surface area (Å²) in [7, 11) is 0. The van der Waals surface area contributed by atoms with Crippen molar-refractivity contribution in [3.05, 3.63) is 89.7 Å². The Bertz CT molecular complexity index is 1300. The molecule has 1 unspecified atom stereocenters. The van der Waals surface area contributed by atoms with Crippen molar-refractivity contribution in [1.82, 2.24) is 14.9 Å². The molecule has 2 heterocycles. The van der Waals surface area contributed by atoms with Gasteiger partial charge in [0.25, 0.3) is 0 Å². The molecule has 1 N–H and O–H groups in total. The number of fused-ring (bicyclic) bond motifs is 1. The van der Waals surface area contributed by atoms with Crippen LogP contribution in [0.3, 0.4) is 0 Å². The van der Waals surface area contributed by atoms with Crippen molar-refractivity contribution in [2.75, 3.05) is 6.54 Å². The minimum absolute atomic E-state index is 0.208. The number of nitrogens with zero attached hydrogens (tertiary/aromatic N) is 2. The fourth-order valence-electron chi connectivity index (χ4n) is 4.29. The predicted molar refractivity (Wildman–Crippen MR) is 122 cm³/mol. The van der Waals surface area contributed by atoms with Crippen LogP contribution in [-0.4, -0.2) is 27.5 Å². The van der Waals surface area contributed by atoms with Crippen molar-refractivity contribution in [2.45, 2.75) is 31.7 Å². The molecule has 1 aliphatic rings. The summed E-state index contributed by atoms with van der Waals surface area (Å²) < 4.78 is 44.1. The second-order valence-electron chi connectivity index (χ2n) is 8.32. The summed E-state index contributed by atoms with van der Waals surface area (Å²) in [6.45, 7) is 0.797. The molecule has 0 aliphatic carbocycles. The maximum Gasteiger partial charge on any atom is 0.416 e. The lowest BCUT2D eigenvalue weighted by molar-refractivity contribution is -0.137. The van der Waals surface area contributed by atoms with E-state index in [2.05, 4.69) is 9.97 Å². The van der Waals surface area contributed by atoms with E-state index >= 15 is 0 Å². The molecule has 8 heteroatoms. The number of nitrogens with one attached hydrogen (secondary N) is 1. The Hall–Kier alpha value is -3.81.